The molecular weight excluding hydrogens is 281 g/mol. The molecule has 19 heavy (non-hydrogen) atoms. The molecule has 2 aromatic carbocycles. The summed E-state index contributed by atoms with van der Waals surface area (Å²) in [5.41, 5.74) is 1.75. The number of hydrogen-bond acceptors (Lipinski definition) is 2. The quantitative estimate of drug-likeness (QED) is 0.706. The molecule has 0 aliphatic carbocycles. The number of aromatic nitrogens is 3. The maximum absolute atomic E-state index is 6.13. The first kappa shape index (κ1) is 12.2. The zero-order chi connectivity index (χ0) is 13.2. The van der Waals surface area contributed by atoms with Crippen LogP contribution in [0.15, 0.2) is 54.6 Å². The Morgan fingerprint density at radius 1 is 0.842 bits per heavy atom. The van der Waals surface area contributed by atoms with Gasteiger partial charge in [0, 0.05) is 10.6 Å². The highest BCUT2D eigenvalue weighted by atomic mass is 35.5. The van der Waals surface area contributed by atoms with Crippen LogP contribution in [0.2, 0.25) is 10.3 Å². The van der Waals surface area contributed by atoms with Crippen LogP contribution < -0.4 is 0 Å². The third-order valence-electron chi connectivity index (χ3n) is 2.67. The van der Waals surface area contributed by atoms with Crippen LogP contribution in [0.1, 0.15) is 0 Å². The standard InChI is InChI=1S/C14H9Cl2N3/c15-11-6-8-12(9-7-11)19-14(16)17-13(18-19)10-4-2-1-3-5-10/h1-9H. The topological polar surface area (TPSA) is 30.7 Å². The Kier molecular flexibility index (Phi) is 3.23. The molecule has 0 aliphatic rings. The highest BCUT2D eigenvalue weighted by Gasteiger charge is 2.10. The predicted octanol–water partition coefficient (Wildman–Crippen LogP) is 4.24. The number of hydrogen-bond donors (Lipinski definition) is 0. The molecule has 0 atom stereocenters. The van der Waals surface area contributed by atoms with Gasteiger partial charge in [-0.1, -0.05) is 41.9 Å². The lowest BCUT2D eigenvalue weighted by molar-refractivity contribution is 0.883. The van der Waals surface area contributed by atoms with E-state index in [9.17, 15) is 0 Å². The minimum Gasteiger partial charge on any atom is -0.203 e. The molecule has 0 amide bonds. The Labute approximate surface area is 120 Å². The number of rotatable bonds is 2. The van der Waals surface area contributed by atoms with Crippen LogP contribution in [0.25, 0.3) is 17.1 Å². The lowest BCUT2D eigenvalue weighted by Gasteiger charge is -2.01. The Bertz CT molecular complexity index is 690. The van der Waals surface area contributed by atoms with Gasteiger partial charge in [-0.05, 0) is 35.9 Å². The van der Waals surface area contributed by atoms with Gasteiger partial charge < -0.3 is 0 Å². The van der Waals surface area contributed by atoms with Crippen molar-refractivity contribution in [3.8, 4) is 17.1 Å². The summed E-state index contributed by atoms with van der Waals surface area (Å²) in [5.74, 6) is 0.598. The van der Waals surface area contributed by atoms with Gasteiger partial charge in [-0.2, -0.15) is 4.98 Å². The molecule has 0 saturated carbocycles. The highest BCUT2D eigenvalue weighted by molar-refractivity contribution is 6.30. The van der Waals surface area contributed by atoms with Gasteiger partial charge in [-0.25, -0.2) is 4.68 Å². The second-order valence-electron chi connectivity index (χ2n) is 3.96. The van der Waals surface area contributed by atoms with Gasteiger partial charge >= 0.3 is 0 Å². The second-order valence-corrected chi connectivity index (χ2v) is 4.73. The molecule has 3 nitrogen and oxygen atoms in total. The Balaban J connectivity index is 2.05. The van der Waals surface area contributed by atoms with Crippen molar-refractivity contribution in [1.82, 2.24) is 14.8 Å². The molecule has 3 aromatic rings. The summed E-state index contributed by atoms with van der Waals surface area (Å²) in [5, 5.41) is 5.40. The van der Waals surface area contributed by atoms with Crippen LogP contribution in [-0.2, 0) is 0 Å². The van der Waals surface area contributed by atoms with Crippen molar-refractivity contribution in [3.05, 3.63) is 64.9 Å². The van der Waals surface area contributed by atoms with Gasteiger partial charge in [-0.3, -0.25) is 0 Å². The van der Waals surface area contributed by atoms with Crippen molar-refractivity contribution in [3.63, 3.8) is 0 Å². The average molecular weight is 290 g/mol. The molecule has 3 rings (SSSR count). The van der Waals surface area contributed by atoms with E-state index in [0.717, 1.165) is 11.3 Å². The maximum Gasteiger partial charge on any atom is 0.226 e. The molecular formula is C14H9Cl2N3. The van der Waals surface area contributed by atoms with Crippen LogP contribution >= 0.6 is 23.2 Å². The van der Waals surface area contributed by atoms with E-state index in [2.05, 4.69) is 10.1 Å². The molecule has 0 unspecified atom stereocenters. The molecule has 1 aromatic heterocycles. The molecule has 0 aliphatic heterocycles. The van der Waals surface area contributed by atoms with Gasteiger partial charge in [0.05, 0.1) is 5.69 Å². The fourth-order valence-electron chi connectivity index (χ4n) is 1.75. The van der Waals surface area contributed by atoms with Crippen LogP contribution in [0.5, 0.6) is 0 Å². The van der Waals surface area contributed by atoms with E-state index in [4.69, 9.17) is 23.2 Å². The van der Waals surface area contributed by atoms with E-state index in [1.165, 1.54) is 0 Å². The van der Waals surface area contributed by atoms with Crippen molar-refractivity contribution in [1.29, 1.82) is 0 Å². The zero-order valence-corrected chi connectivity index (χ0v) is 11.3. The lowest BCUT2D eigenvalue weighted by atomic mass is 10.2. The van der Waals surface area contributed by atoms with Gasteiger partial charge in [0.15, 0.2) is 5.82 Å². The minimum atomic E-state index is 0.321. The van der Waals surface area contributed by atoms with Crippen LogP contribution in [0.3, 0.4) is 0 Å². The summed E-state index contributed by atoms with van der Waals surface area (Å²) in [6.07, 6.45) is 0. The summed E-state index contributed by atoms with van der Waals surface area (Å²) in [4.78, 5) is 4.26. The fraction of sp³-hybridized carbons (Fsp3) is 0. The van der Waals surface area contributed by atoms with Crippen LogP contribution in [0.4, 0.5) is 0 Å². The summed E-state index contributed by atoms with van der Waals surface area (Å²) >= 11 is 12.0. The summed E-state index contributed by atoms with van der Waals surface area (Å²) in [6.45, 7) is 0. The molecule has 0 N–H and O–H groups in total. The van der Waals surface area contributed by atoms with Crippen LogP contribution in [0, 0.1) is 0 Å². The van der Waals surface area contributed by atoms with Crippen molar-refractivity contribution < 1.29 is 0 Å². The van der Waals surface area contributed by atoms with Crippen LogP contribution in [-0.4, -0.2) is 14.8 Å². The zero-order valence-electron chi connectivity index (χ0n) is 9.79. The third kappa shape index (κ3) is 2.48. The first-order valence-electron chi connectivity index (χ1n) is 5.68. The second kappa shape index (κ2) is 5.03. The first-order valence-corrected chi connectivity index (χ1v) is 6.43. The van der Waals surface area contributed by atoms with E-state index < -0.39 is 0 Å². The van der Waals surface area contributed by atoms with Gasteiger partial charge in [0.25, 0.3) is 0 Å². The Morgan fingerprint density at radius 2 is 1.53 bits per heavy atom. The first-order chi connectivity index (χ1) is 9.24. The smallest absolute Gasteiger partial charge is 0.203 e. The third-order valence-corrected chi connectivity index (χ3v) is 3.17. The SMILES string of the molecule is Clc1ccc(-n2nc(-c3ccccc3)nc2Cl)cc1. The number of nitrogens with zero attached hydrogens (tertiary/aromatic N) is 3. The molecule has 0 saturated heterocycles. The molecule has 0 fully saturated rings. The maximum atomic E-state index is 6.13. The summed E-state index contributed by atoms with van der Waals surface area (Å²) in [6, 6.07) is 17.0. The van der Waals surface area contributed by atoms with Crippen molar-refractivity contribution in [2.75, 3.05) is 0 Å². The van der Waals surface area contributed by atoms with E-state index in [0.29, 0.717) is 16.1 Å². The van der Waals surface area contributed by atoms with Crippen molar-refractivity contribution >= 4 is 23.2 Å². The summed E-state index contributed by atoms with van der Waals surface area (Å²) in [7, 11) is 0. The van der Waals surface area contributed by atoms with E-state index in [1.54, 1.807) is 16.8 Å². The van der Waals surface area contributed by atoms with Gasteiger partial charge in [-0.15, -0.1) is 5.10 Å². The highest BCUT2D eigenvalue weighted by Crippen LogP contribution is 2.21. The van der Waals surface area contributed by atoms with E-state index >= 15 is 0 Å². The Hall–Kier alpha value is -1.84. The van der Waals surface area contributed by atoms with Gasteiger partial charge in [0.2, 0.25) is 5.28 Å². The Morgan fingerprint density at radius 3 is 2.21 bits per heavy atom. The van der Waals surface area contributed by atoms with Gasteiger partial charge in [0.1, 0.15) is 0 Å². The molecule has 0 bridgehead atoms. The molecule has 1 heterocycles. The molecule has 0 spiro atoms. The van der Waals surface area contributed by atoms with Crippen molar-refractivity contribution in [2.45, 2.75) is 0 Å². The van der Waals surface area contributed by atoms with E-state index in [-0.39, 0.29) is 0 Å². The molecule has 0 radical (unpaired) electrons. The largest absolute Gasteiger partial charge is 0.226 e. The monoisotopic (exact) mass is 289 g/mol. The lowest BCUT2D eigenvalue weighted by Crippen LogP contribution is -1.96. The van der Waals surface area contributed by atoms with E-state index in [1.807, 2.05) is 42.5 Å². The molecule has 5 heteroatoms. The minimum absolute atomic E-state index is 0.321. The van der Waals surface area contributed by atoms with Crippen molar-refractivity contribution in [2.24, 2.45) is 0 Å². The number of benzene rings is 2. The molecule has 94 valence electrons. The fourth-order valence-corrected chi connectivity index (χ4v) is 2.09. The predicted molar refractivity (Wildman–Crippen MR) is 76.8 cm³/mol. The number of halogens is 2. The summed E-state index contributed by atoms with van der Waals surface area (Å²) < 4.78 is 1.58. The normalized spacial score (nSPS) is 10.6. The average Bonchev–Trinajstić information content (AvgIpc) is 2.83.